The van der Waals surface area contributed by atoms with Crippen LogP contribution in [0.1, 0.15) is 23.6 Å². The van der Waals surface area contributed by atoms with Gasteiger partial charge in [-0.15, -0.1) is 0 Å². The third-order valence-electron chi connectivity index (χ3n) is 3.26. The Hall–Kier alpha value is -2.55. The molecule has 3 heteroatoms. The summed E-state index contributed by atoms with van der Waals surface area (Å²) in [6, 6.07) is 15.5. The topological polar surface area (TPSA) is 46.5 Å². The highest BCUT2D eigenvalue weighted by Crippen LogP contribution is 2.22. The lowest BCUT2D eigenvalue weighted by atomic mass is 10.0. The number of aliphatic carboxylic acids is 1. The smallest absolute Gasteiger partial charge is 0.328 e. The van der Waals surface area contributed by atoms with Gasteiger partial charge in [0, 0.05) is 6.08 Å². The summed E-state index contributed by atoms with van der Waals surface area (Å²) in [6.07, 6.45) is 1.21. The fourth-order valence-corrected chi connectivity index (χ4v) is 2.17. The van der Waals surface area contributed by atoms with E-state index in [0.29, 0.717) is 12.2 Å². The monoisotopic (exact) mass is 282 g/mol. The summed E-state index contributed by atoms with van der Waals surface area (Å²) in [6.45, 7) is 4.20. The minimum absolute atomic E-state index is 0.409. The number of carboxylic acid groups (broad SMARTS) is 1. The number of hydrogen-bond acceptors (Lipinski definition) is 2. The van der Waals surface area contributed by atoms with Crippen molar-refractivity contribution < 1.29 is 14.6 Å². The molecule has 0 aliphatic carbocycles. The molecule has 0 aliphatic heterocycles. The van der Waals surface area contributed by atoms with E-state index in [0.717, 1.165) is 22.4 Å². The summed E-state index contributed by atoms with van der Waals surface area (Å²) >= 11 is 0. The number of benzene rings is 2. The molecule has 3 nitrogen and oxygen atoms in total. The fourth-order valence-electron chi connectivity index (χ4n) is 2.17. The third kappa shape index (κ3) is 3.96. The molecule has 0 saturated carbocycles. The molecule has 2 aromatic carbocycles. The van der Waals surface area contributed by atoms with Crippen molar-refractivity contribution in [2.75, 3.05) is 0 Å². The number of ether oxygens (including phenoxy) is 1. The maximum atomic E-state index is 10.8. The molecule has 2 aromatic rings. The van der Waals surface area contributed by atoms with E-state index in [1.165, 1.54) is 6.08 Å². The fraction of sp³-hybridized carbons (Fsp3) is 0.167. The number of para-hydroxylation sites is 1. The number of carboxylic acids is 1. The van der Waals surface area contributed by atoms with Crippen molar-refractivity contribution in [1.29, 1.82) is 0 Å². The Labute approximate surface area is 124 Å². The zero-order valence-corrected chi connectivity index (χ0v) is 12.2. The lowest BCUT2D eigenvalue weighted by Crippen LogP contribution is -2.01. The molecule has 0 radical (unpaired) electrons. The molecule has 0 aromatic heterocycles. The second-order valence-corrected chi connectivity index (χ2v) is 4.88. The summed E-state index contributed by atoms with van der Waals surface area (Å²) < 4.78 is 5.84. The lowest BCUT2D eigenvalue weighted by molar-refractivity contribution is -0.131. The molecule has 0 unspecified atom stereocenters. The van der Waals surface area contributed by atoms with Crippen molar-refractivity contribution in [3.63, 3.8) is 0 Å². The zero-order chi connectivity index (χ0) is 15.2. The van der Waals surface area contributed by atoms with Gasteiger partial charge >= 0.3 is 5.97 Å². The van der Waals surface area contributed by atoms with Gasteiger partial charge in [-0.25, -0.2) is 4.79 Å². The highest BCUT2D eigenvalue weighted by atomic mass is 16.5. The lowest BCUT2D eigenvalue weighted by Gasteiger charge is -2.12. The SMILES string of the molecule is C/C(=C/C(=O)O)c1ccccc1COc1ccccc1C. The van der Waals surface area contributed by atoms with Gasteiger partial charge in [-0.2, -0.15) is 0 Å². The Morgan fingerprint density at radius 1 is 1.14 bits per heavy atom. The second-order valence-electron chi connectivity index (χ2n) is 4.88. The van der Waals surface area contributed by atoms with Crippen molar-refractivity contribution >= 4 is 11.5 Å². The quantitative estimate of drug-likeness (QED) is 0.841. The van der Waals surface area contributed by atoms with E-state index < -0.39 is 5.97 Å². The first-order chi connectivity index (χ1) is 10.1. The molecule has 0 amide bonds. The molecule has 0 fully saturated rings. The van der Waals surface area contributed by atoms with Crippen LogP contribution in [0.2, 0.25) is 0 Å². The minimum Gasteiger partial charge on any atom is -0.489 e. The number of rotatable bonds is 5. The van der Waals surface area contributed by atoms with Crippen LogP contribution in [0.15, 0.2) is 54.6 Å². The molecule has 0 bridgehead atoms. The first-order valence-corrected chi connectivity index (χ1v) is 6.76. The zero-order valence-electron chi connectivity index (χ0n) is 12.2. The Kier molecular flexibility index (Phi) is 4.77. The van der Waals surface area contributed by atoms with Gasteiger partial charge in [0.15, 0.2) is 0 Å². The molecular weight excluding hydrogens is 264 g/mol. The molecule has 0 atom stereocenters. The van der Waals surface area contributed by atoms with E-state index >= 15 is 0 Å². The molecular formula is C18H18O3. The summed E-state index contributed by atoms with van der Waals surface area (Å²) in [5.74, 6) is -0.103. The van der Waals surface area contributed by atoms with Crippen LogP contribution in [-0.4, -0.2) is 11.1 Å². The molecule has 0 aliphatic rings. The largest absolute Gasteiger partial charge is 0.489 e. The van der Waals surface area contributed by atoms with Gasteiger partial charge < -0.3 is 9.84 Å². The van der Waals surface area contributed by atoms with Gasteiger partial charge in [0.05, 0.1) is 0 Å². The van der Waals surface area contributed by atoms with Crippen LogP contribution in [0, 0.1) is 6.92 Å². The molecule has 0 heterocycles. The van der Waals surface area contributed by atoms with Crippen molar-refractivity contribution in [1.82, 2.24) is 0 Å². The summed E-state index contributed by atoms with van der Waals surface area (Å²) in [5, 5.41) is 8.87. The van der Waals surface area contributed by atoms with E-state index in [2.05, 4.69) is 0 Å². The Balaban J connectivity index is 2.21. The maximum absolute atomic E-state index is 10.8. The van der Waals surface area contributed by atoms with Crippen LogP contribution >= 0.6 is 0 Å². The van der Waals surface area contributed by atoms with Gasteiger partial charge in [-0.05, 0) is 42.2 Å². The average Bonchev–Trinajstić information content (AvgIpc) is 2.46. The molecule has 0 spiro atoms. The van der Waals surface area contributed by atoms with Crippen molar-refractivity contribution in [3.8, 4) is 5.75 Å². The highest BCUT2D eigenvalue weighted by Gasteiger charge is 2.06. The number of carbonyl (C=O) groups is 1. The predicted octanol–water partition coefficient (Wildman–Crippen LogP) is 4.06. The first-order valence-electron chi connectivity index (χ1n) is 6.76. The number of aryl methyl sites for hydroxylation is 1. The Bertz CT molecular complexity index is 672. The summed E-state index contributed by atoms with van der Waals surface area (Å²) in [7, 11) is 0. The summed E-state index contributed by atoms with van der Waals surface area (Å²) in [4.78, 5) is 10.8. The van der Waals surface area contributed by atoms with Gasteiger partial charge in [0.25, 0.3) is 0 Å². The van der Waals surface area contributed by atoms with E-state index in [9.17, 15) is 4.79 Å². The second kappa shape index (κ2) is 6.75. The van der Waals surface area contributed by atoms with Crippen LogP contribution in [0.4, 0.5) is 0 Å². The third-order valence-corrected chi connectivity index (χ3v) is 3.26. The number of allylic oxidation sites excluding steroid dienone is 1. The highest BCUT2D eigenvalue weighted by molar-refractivity contribution is 5.89. The average molecular weight is 282 g/mol. The Morgan fingerprint density at radius 3 is 2.52 bits per heavy atom. The Morgan fingerprint density at radius 2 is 1.81 bits per heavy atom. The van der Waals surface area contributed by atoms with Crippen molar-refractivity contribution in [2.45, 2.75) is 20.5 Å². The van der Waals surface area contributed by atoms with Gasteiger partial charge in [-0.3, -0.25) is 0 Å². The predicted molar refractivity (Wildman–Crippen MR) is 83.2 cm³/mol. The van der Waals surface area contributed by atoms with Crippen molar-refractivity contribution in [3.05, 3.63) is 71.3 Å². The normalized spacial score (nSPS) is 11.2. The standard InChI is InChI=1S/C18H18O3/c1-13-7-3-6-10-17(13)21-12-15-8-4-5-9-16(15)14(2)11-18(19)20/h3-11H,12H2,1-2H3,(H,19,20)/b14-11-. The van der Waals surface area contributed by atoms with E-state index in [-0.39, 0.29) is 0 Å². The maximum Gasteiger partial charge on any atom is 0.328 e. The van der Waals surface area contributed by atoms with Crippen LogP contribution in [0.3, 0.4) is 0 Å². The van der Waals surface area contributed by atoms with Gasteiger partial charge in [0.2, 0.25) is 0 Å². The minimum atomic E-state index is -0.942. The molecule has 2 rings (SSSR count). The van der Waals surface area contributed by atoms with Crippen LogP contribution in [0.25, 0.3) is 5.57 Å². The first kappa shape index (κ1) is 14.9. The molecule has 108 valence electrons. The van der Waals surface area contributed by atoms with Gasteiger partial charge in [0.1, 0.15) is 12.4 Å². The van der Waals surface area contributed by atoms with Crippen LogP contribution in [-0.2, 0) is 11.4 Å². The van der Waals surface area contributed by atoms with E-state index in [4.69, 9.17) is 9.84 Å². The van der Waals surface area contributed by atoms with Crippen molar-refractivity contribution in [2.24, 2.45) is 0 Å². The van der Waals surface area contributed by atoms with Crippen LogP contribution in [0.5, 0.6) is 5.75 Å². The molecule has 1 N–H and O–H groups in total. The number of hydrogen-bond donors (Lipinski definition) is 1. The molecule has 0 saturated heterocycles. The summed E-state index contributed by atoms with van der Waals surface area (Å²) in [5.41, 5.74) is 3.66. The van der Waals surface area contributed by atoms with E-state index in [1.54, 1.807) is 6.92 Å². The molecule has 21 heavy (non-hydrogen) atoms. The van der Waals surface area contributed by atoms with Gasteiger partial charge in [-0.1, -0.05) is 42.5 Å². The van der Waals surface area contributed by atoms with E-state index in [1.807, 2.05) is 55.5 Å². The van der Waals surface area contributed by atoms with Crippen LogP contribution < -0.4 is 4.74 Å².